The summed E-state index contributed by atoms with van der Waals surface area (Å²) in [7, 11) is 0. The molecule has 0 saturated carbocycles. The molecule has 2 heterocycles. The smallest absolute Gasteiger partial charge is 0.374 e. The molecule has 2 atom stereocenters. The summed E-state index contributed by atoms with van der Waals surface area (Å²) in [6.07, 6.45) is -10.3. The number of hydrogen-bond acceptors (Lipinski definition) is 5. The summed E-state index contributed by atoms with van der Waals surface area (Å²) < 4.78 is 100. The molecule has 3 aromatic carbocycles. The Bertz CT molecular complexity index is 1530. The highest BCUT2D eigenvalue weighted by atomic mass is 35.5. The fourth-order valence-electron chi connectivity index (χ4n) is 4.52. The molecule has 5 rings (SSSR count). The number of epoxide rings is 1. The molecule has 218 valence electrons. The van der Waals surface area contributed by atoms with Crippen LogP contribution in [0.15, 0.2) is 53.7 Å². The zero-order valence-electron chi connectivity index (χ0n) is 20.5. The molecule has 2 unspecified atom stereocenters. The van der Waals surface area contributed by atoms with E-state index in [0.717, 1.165) is 12.1 Å². The molecule has 0 aliphatic carbocycles. The van der Waals surface area contributed by atoms with Crippen LogP contribution in [0.1, 0.15) is 27.9 Å². The van der Waals surface area contributed by atoms with Gasteiger partial charge in [0.1, 0.15) is 0 Å². The van der Waals surface area contributed by atoms with Crippen LogP contribution < -0.4 is 10.6 Å². The van der Waals surface area contributed by atoms with E-state index in [1.807, 2.05) is 0 Å². The van der Waals surface area contributed by atoms with E-state index in [-0.39, 0.29) is 30.0 Å². The highest BCUT2D eigenvalue weighted by molar-refractivity contribution is 6.35. The first kappa shape index (κ1) is 29.4. The van der Waals surface area contributed by atoms with Gasteiger partial charge in [0.2, 0.25) is 0 Å². The normalized spacial score (nSPS) is 22.4. The molecule has 15 heteroatoms. The Labute approximate surface area is 237 Å². The van der Waals surface area contributed by atoms with Crippen LogP contribution >= 0.6 is 23.2 Å². The Morgan fingerprint density at radius 1 is 1.00 bits per heavy atom. The summed E-state index contributed by atoms with van der Waals surface area (Å²) in [4.78, 5) is 18.0. The molecule has 2 aliphatic heterocycles. The first-order valence-electron chi connectivity index (χ1n) is 11.9. The third-order valence-corrected chi connectivity index (χ3v) is 7.30. The van der Waals surface area contributed by atoms with E-state index in [1.54, 1.807) is 24.3 Å². The average Bonchev–Trinajstić information content (AvgIpc) is 3.54. The maximum Gasteiger partial charge on any atom is 0.435 e. The summed E-state index contributed by atoms with van der Waals surface area (Å²) in [6, 6.07) is 10.6. The molecular weight excluding hydrogens is 606 g/mol. The monoisotopic (exact) mass is 623 g/mol. The summed E-state index contributed by atoms with van der Waals surface area (Å²) in [6.45, 7) is -1.59. The van der Waals surface area contributed by atoms with Gasteiger partial charge in [0.15, 0.2) is 11.5 Å². The van der Waals surface area contributed by atoms with E-state index in [2.05, 4.69) is 15.8 Å². The molecule has 1 fully saturated rings. The Morgan fingerprint density at radius 3 is 2.22 bits per heavy atom. The van der Waals surface area contributed by atoms with Crippen LogP contribution in [0.25, 0.3) is 10.8 Å². The van der Waals surface area contributed by atoms with Crippen LogP contribution in [0.5, 0.6) is 0 Å². The summed E-state index contributed by atoms with van der Waals surface area (Å²) in [5, 5.41) is 7.94. The van der Waals surface area contributed by atoms with E-state index in [4.69, 9.17) is 32.8 Å². The number of nitrogens with zero attached hydrogens (tertiary/aromatic N) is 1. The number of fused-ring (bicyclic) bond motifs is 1. The number of nitrogens with one attached hydrogen (secondary N) is 2. The van der Waals surface area contributed by atoms with Crippen molar-refractivity contribution in [2.24, 2.45) is 5.16 Å². The van der Waals surface area contributed by atoms with Crippen LogP contribution in [0.4, 0.5) is 30.7 Å². The Morgan fingerprint density at radius 2 is 1.63 bits per heavy atom. The second kappa shape index (κ2) is 10.3. The predicted molar refractivity (Wildman–Crippen MR) is 135 cm³/mol. The molecule has 2 aliphatic rings. The number of alkyl halides is 6. The fourth-order valence-corrected chi connectivity index (χ4v) is 5.01. The van der Waals surface area contributed by atoms with Crippen molar-refractivity contribution < 1.29 is 45.1 Å². The van der Waals surface area contributed by atoms with E-state index in [1.165, 1.54) is 12.1 Å². The van der Waals surface area contributed by atoms with E-state index in [0.29, 0.717) is 10.8 Å². The predicted octanol–water partition coefficient (Wildman–Crippen LogP) is 6.48. The molecular formula is C26H18Cl2F7N3O3. The number of oxime groups is 1. The largest absolute Gasteiger partial charge is 0.435 e. The number of ether oxygens (including phenoxy) is 1. The number of benzene rings is 3. The van der Waals surface area contributed by atoms with Crippen molar-refractivity contribution in [2.45, 2.75) is 30.1 Å². The number of rotatable bonds is 7. The number of hydrogen-bond donors (Lipinski definition) is 2. The first-order valence-corrected chi connectivity index (χ1v) is 12.6. The van der Waals surface area contributed by atoms with Gasteiger partial charge in [-0.15, -0.1) is 0 Å². The van der Waals surface area contributed by atoms with Crippen LogP contribution in [0.2, 0.25) is 10.0 Å². The lowest BCUT2D eigenvalue weighted by Crippen LogP contribution is -2.47. The van der Waals surface area contributed by atoms with Crippen molar-refractivity contribution in [3.8, 4) is 0 Å². The van der Waals surface area contributed by atoms with Gasteiger partial charge in [-0.05, 0) is 29.0 Å². The van der Waals surface area contributed by atoms with Gasteiger partial charge in [-0.25, -0.2) is 4.39 Å². The third kappa shape index (κ3) is 5.68. The second-order valence-electron chi connectivity index (χ2n) is 9.53. The van der Waals surface area contributed by atoms with Crippen molar-refractivity contribution in [2.75, 3.05) is 19.7 Å². The Balaban J connectivity index is 1.42. The SMILES string of the molecule is O=C(NCC1(NCC(F)(F)F)CO1)c1ccc(C2=NOC(c3cc(Cl)c(F)c(Cl)c3)(C(F)(F)F)C2)c2ccccc12. The van der Waals surface area contributed by atoms with Gasteiger partial charge in [-0.3, -0.25) is 10.1 Å². The number of halogens is 9. The lowest BCUT2D eigenvalue weighted by Gasteiger charge is -2.29. The third-order valence-electron chi connectivity index (χ3n) is 6.75. The molecule has 1 amide bonds. The zero-order valence-corrected chi connectivity index (χ0v) is 22.0. The minimum Gasteiger partial charge on any atom is -0.374 e. The minimum atomic E-state index is -5.01. The van der Waals surface area contributed by atoms with Crippen LogP contribution in [0.3, 0.4) is 0 Å². The van der Waals surface area contributed by atoms with E-state index >= 15 is 0 Å². The fraction of sp³-hybridized carbons (Fsp3) is 0.308. The van der Waals surface area contributed by atoms with Gasteiger partial charge >= 0.3 is 12.4 Å². The number of carbonyl (C=O) groups excluding carboxylic acids is 1. The van der Waals surface area contributed by atoms with Gasteiger partial charge in [-0.2, -0.15) is 26.3 Å². The number of carbonyl (C=O) groups is 1. The average molecular weight is 624 g/mol. The molecule has 1 saturated heterocycles. The van der Waals surface area contributed by atoms with Crippen LogP contribution in [-0.2, 0) is 15.2 Å². The molecule has 0 spiro atoms. The molecule has 6 nitrogen and oxygen atoms in total. The topological polar surface area (TPSA) is 75.3 Å². The van der Waals surface area contributed by atoms with Crippen molar-refractivity contribution in [3.63, 3.8) is 0 Å². The maximum atomic E-state index is 14.4. The second-order valence-corrected chi connectivity index (χ2v) is 10.3. The quantitative estimate of drug-likeness (QED) is 0.180. The molecule has 41 heavy (non-hydrogen) atoms. The summed E-state index contributed by atoms with van der Waals surface area (Å²) in [5.74, 6) is -1.72. The Kier molecular flexibility index (Phi) is 7.38. The lowest BCUT2D eigenvalue weighted by atomic mass is 9.85. The minimum absolute atomic E-state index is 0.0334. The van der Waals surface area contributed by atoms with Gasteiger partial charge in [-0.1, -0.05) is 58.7 Å². The highest BCUT2D eigenvalue weighted by Crippen LogP contribution is 2.50. The lowest BCUT2D eigenvalue weighted by molar-refractivity contribution is -0.275. The van der Waals surface area contributed by atoms with Crippen LogP contribution in [0, 0.1) is 5.82 Å². The maximum absolute atomic E-state index is 14.4. The summed E-state index contributed by atoms with van der Waals surface area (Å²) >= 11 is 11.5. The van der Waals surface area contributed by atoms with Crippen molar-refractivity contribution >= 4 is 45.6 Å². The van der Waals surface area contributed by atoms with Gasteiger partial charge in [0, 0.05) is 23.1 Å². The molecule has 2 N–H and O–H groups in total. The Hall–Kier alpha value is -3.13. The molecule has 0 aromatic heterocycles. The van der Waals surface area contributed by atoms with Gasteiger partial charge in [0.25, 0.3) is 11.5 Å². The van der Waals surface area contributed by atoms with Crippen molar-refractivity contribution in [1.29, 1.82) is 0 Å². The molecule has 0 radical (unpaired) electrons. The molecule has 3 aromatic rings. The van der Waals surface area contributed by atoms with Gasteiger partial charge < -0.3 is 14.9 Å². The first-order chi connectivity index (χ1) is 19.1. The van der Waals surface area contributed by atoms with Crippen molar-refractivity contribution in [1.82, 2.24) is 10.6 Å². The standard InChI is InChI=1S/C26H18Cl2F7N3O3/c27-18-7-13(8-19(28)21(18)29)24(26(33,34)35)9-20(38-41-24)16-5-6-17(15-4-2-1-3-14(15)16)22(39)36-10-23(12-40-23)37-11-25(30,31)32/h1-8,37H,9-12H2,(H,36,39). The van der Waals surface area contributed by atoms with Crippen LogP contribution in [-0.4, -0.2) is 49.4 Å². The highest BCUT2D eigenvalue weighted by Gasteiger charge is 2.62. The van der Waals surface area contributed by atoms with Gasteiger partial charge in [0.05, 0.1) is 35.5 Å². The van der Waals surface area contributed by atoms with E-state index in [9.17, 15) is 35.5 Å². The summed E-state index contributed by atoms with van der Waals surface area (Å²) in [5.41, 5.74) is -4.66. The number of amides is 1. The zero-order chi connectivity index (χ0) is 29.8. The molecule has 0 bridgehead atoms. The van der Waals surface area contributed by atoms with Crippen molar-refractivity contribution in [3.05, 3.63) is 81.1 Å². The van der Waals surface area contributed by atoms with E-state index < -0.39 is 64.0 Å².